The summed E-state index contributed by atoms with van der Waals surface area (Å²) in [5.41, 5.74) is 0.491. The molecule has 0 unspecified atom stereocenters. The summed E-state index contributed by atoms with van der Waals surface area (Å²) >= 11 is 6.50. The molecule has 2 aromatic carbocycles. The second-order valence-corrected chi connectivity index (χ2v) is 8.24. The summed E-state index contributed by atoms with van der Waals surface area (Å²) in [6, 6.07) is 15.9. The summed E-state index contributed by atoms with van der Waals surface area (Å²) in [6.45, 7) is 2.52. The number of hydrogen-bond acceptors (Lipinski definition) is 4. The maximum absolute atomic E-state index is 12.2. The Morgan fingerprint density at radius 1 is 1.10 bits per heavy atom. The highest BCUT2D eigenvalue weighted by Crippen LogP contribution is 2.39. The highest BCUT2D eigenvalue weighted by atomic mass is 35.5. The summed E-state index contributed by atoms with van der Waals surface area (Å²) in [7, 11) is 0. The molecule has 1 fully saturated rings. The molecule has 2 aromatic rings. The standard InChI is InChI=1S/C25H29ClO4/c1-2-3-4-8-14-21-22(24(27)16-23(21)26)17-29-19-12-9-13-20(15-19)30-25(28)18-10-6-5-7-11-18/h4-13,15,21-24,27H,2-3,14,16-17H2,1H3/b8-4-/t21-,22-,23-,24-/m1/s1. The third-order valence-corrected chi connectivity index (χ3v) is 5.98. The fourth-order valence-corrected chi connectivity index (χ4v) is 4.26. The van der Waals surface area contributed by atoms with E-state index in [-0.39, 0.29) is 17.2 Å². The maximum Gasteiger partial charge on any atom is 0.343 e. The third kappa shape index (κ3) is 6.10. The van der Waals surface area contributed by atoms with Crippen LogP contribution in [0.15, 0.2) is 66.7 Å². The number of carbonyl (C=O) groups excluding carboxylic acids is 1. The number of halogens is 1. The van der Waals surface area contributed by atoms with Crippen LogP contribution in [0, 0.1) is 11.8 Å². The Hall–Kier alpha value is -2.30. The number of carbonyl (C=O) groups is 1. The van der Waals surface area contributed by atoms with Gasteiger partial charge in [0.05, 0.1) is 18.3 Å². The minimum absolute atomic E-state index is 0.0331. The molecule has 0 saturated heterocycles. The van der Waals surface area contributed by atoms with Crippen molar-refractivity contribution in [3.63, 3.8) is 0 Å². The number of alkyl halides is 1. The van der Waals surface area contributed by atoms with Gasteiger partial charge in [0.1, 0.15) is 11.5 Å². The first-order valence-corrected chi connectivity index (χ1v) is 11.0. The second-order valence-electron chi connectivity index (χ2n) is 7.68. The van der Waals surface area contributed by atoms with Gasteiger partial charge in [-0.25, -0.2) is 4.79 Å². The topological polar surface area (TPSA) is 55.8 Å². The molecule has 5 heteroatoms. The zero-order valence-electron chi connectivity index (χ0n) is 17.2. The monoisotopic (exact) mass is 428 g/mol. The van der Waals surface area contributed by atoms with Crippen molar-refractivity contribution in [1.29, 1.82) is 0 Å². The van der Waals surface area contributed by atoms with Crippen molar-refractivity contribution < 1.29 is 19.4 Å². The van der Waals surface area contributed by atoms with Gasteiger partial charge in [-0.2, -0.15) is 0 Å². The van der Waals surface area contributed by atoms with E-state index in [9.17, 15) is 9.90 Å². The molecule has 3 rings (SSSR count). The van der Waals surface area contributed by atoms with Gasteiger partial charge in [-0.1, -0.05) is 49.8 Å². The molecule has 0 spiro atoms. The zero-order chi connectivity index (χ0) is 21.3. The fraction of sp³-hybridized carbons (Fsp3) is 0.400. The van der Waals surface area contributed by atoms with Gasteiger partial charge in [-0.15, -0.1) is 11.6 Å². The molecule has 1 saturated carbocycles. The number of aliphatic hydroxyl groups is 1. The fourth-order valence-electron chi connectivity index (χ4n) is 3.79. The minimum atomic E-state index is -0.476. The van der Waals surface area contributed by atoms with Gasteiger partial charge >= 0.3 is 5.97 Å². The van der Waals surface area contributed by atoms with E-state index in [1.54, 1.807) is 42.5 Å². The zero-order valence-corrected chi connectivity index (χ0v) is 18.0. The molecule has 1 aliphatic carbocycles. The number of ether oxygens (including phenoxy) is 2. The largest absolute Gasteiger partial charge is 0.493 e. The first kappa shape index (κ1) is 22.4. The average molecular weight is 429 g/mol. The van der Waals surface area contributed by atoms with Gasteiger partial charge in [0.2, 0.25) is 0 Å². The number of benzene rings is 2. The molecule has 1 N–H and O–H groups in total. The molecule has 4 nitrogen and oxygen atoms in total. The number of aliphatic hydroxyl groups excluding tert-OH is 1. The molecule has 0 bridgehead atoms. The lowest BCUT2D eigenvalue weighted by molar-refractivity contribution is 0.0733. The van der Waals surface area contributed by atoms with Crippen LogP contribution in [0.2, 0.25) is 0 Å². The van der Waals surface area contributed by atoms with E-state index in [0.717, 1.165) is 19.3 Å². The minimum Gasteiger partial charge on any atom is -0.493 e. The van der Waals surface area contributed by atoms with Crippen LogP contribution in [0.5, 0.6) is 11.5 Å². The lowest BCUT2D eigenvalue weighted by Gasteiger charge is -2.22. The smallest absolute Gasteiger partial charge is 0.343 e. The van der Waals surface area contributed by atoms with Crippen molar-refractivity contribution in [2.24, 2.45) is 11.8 Å². The van der Waals surface area contributed by atoms with E-state index >= 15 is 0 Å². The lowest BCUT2D eigenvalue weighted by Crippen LogP contribution is -2.27. The van der Waals surface area contributed by atoms with Crippen molar-refractivity contribution in [2.75, 3.05) is 6.61 Å². The molecule has 0 amide bonds. The van der Waals surface area contributed by atoms with Crippen molar-refractivity contribution >= 4 is 17.6 Å². The van der Waals surface area contributed by atoms with E-state index < -0.39 is 12.1 Å². The van der Waals surface area contributed by atoms with Crippen LogP contribution in [-0.4, -0.2) is 29.2 Å². The van der Waals surface area contributed by atoms with Gasteiger partial charge in [-0.3, -0.25) is 0 Å². The van der Waals surface area contributed by atoms with Crippen molar-refractivity contribution in [2.45, 2.75) is 44.1 Å². The molecule has 160 valence electrons. The van der Waals surface area contributed by atoms with Crippen molar-refractivity contribution in [1.82, 2.24) is 0 Å². The molecular weight excluding hydrogens is 400 g/mol. The van der Waals surface area contributed by atoms with Gasteiger partial charge in [0.25, 0.3) is 0 Å². The molecule has 30 heavy (non-hydrogen) atoms. The Balaban J connectivity index is 1.59. The Morgan fingerprint density at radius 3 is 2.63 bits per heavy atom. The molecule has 0 aromatic heterocycles. The first-order chi connectivity index (χ1) is 14.6. The van der Waals surface area contributed by atoms with Crippen LogP contribution in [0.25, 0.3) is 0 Å². The van der Waals surface area contributed by atoms with Crippen LogP contribution in [0.1, 0.15) is 43.0 Å². The molecule has 0 heterocycles. The summed E-state index contributed by atoms with van der Waals surface area (Å²) in [5, 5.41) is 10.4. The maximum atomic E-state index is 12.2. The summed E-state index contributed by atoms with van der Waals surface area (Å²) in [5.74, 6) is 0.743. The van der Waals surface area contributed by atoms with Crippen LogP contribution in [0.4, 0.5) is 0 Å². The number of unbranched alkanes of at least 4 members (excludes halogenated alkanes) is 1. The Labute approximate surface area is 183 Å². The number of allylic oxidation sites excluding steroid dienone is 2. The van der Waals surface area contributed by atoms with Crippen LogP contribution in [0.3, 0.4) is 0 Å². The van der Waals surface area contributed by atoms with Gasteiger partial charge in [0, 0.05) is 17.4 Å². The van der Waals surface area contributed by atoms with E-state index in [0.29, 0.717) is 30.1 Å². The number of esters is 1. The van der Waals surface area contributed by atoms with Crippen LogP contribution < -0.4 is 9.47 Å². The van der Waals surface area contributed by atoms with Crippen molar-refractivity contribution in [3.05, 3.63) is 72.3 Å². The van der Waals surface area contributed by atoms with E-state index in [2.05, 4.69) is 19.1 Å². The average Bonchev–Trinajstić information content (AvgIpc) is 3.03. The van der Waals surface area contributed by atoms with Crippen LogP contribution in [-0.2, 0) is 0 Å². The molecule has 4 atom stereocenters. The second kappa shape index (κ2) is 11.2. The van der Waals surface area contributed by atoms with Gasteiger partial charge in [0.15, 0.2) is 0 Å². The van der Waals surface area contributed by atoms with Gasteiger partial charge in [-0.05, 0) is 49.4 Å². The van der Waals surface area contributed by atoms with Gasteiger partial charge < -0.3 is 14.6 Å². The predicted octanol–water partition coefficient (Wildman–Crippen LogP) is 5.64. The predicted molar refractivity (Wildman–Crippen MR) is 119 cm³/mol. The molecule has 0 radical (unpaired) electrons. The highest BCUT2D eigenvalue weighted by Gasteiger charge is 2.41. The summed E-state index contributed by atoms with van der Waals surface area (Å²) in [6.07, 6.45) is 7.46. The highest BCUT2D eigenvalue weighted by molar-refractivity contribution is 6.21. The van der Waals surface area contributed by atoms with Crippen molar-refractivity contribution in [3.8, 4) is 11.5 Å². The quantitative estimate of drug-likeness (QED) is 0.243. The molecule has 0 aliphatic heterocycles. The first-order valence-electron chi connectivity index (χ1n) is 10.6. The summed E-state index contributed by atoms with van der Waals surface area (Å²) in [4.78, 5) is 12.2. The third-order valence-electron chi connectivity index (χ3n) is 5.47. The SMILES string of the molecule is CCC/C=C\C[C@@H]1[C@@H](COc2cccc(OC(=O)c3ccccc3)c2)[C@H](O)C[C@H]1Cl. The van der Waals surface area contributed by atoms with Crippen LogP contribution >= 0.6 is 11.6 Å². The number of rotatable bonds is 9. The van der Waals surface area contributed by atoms with E-state index in [1.165, 1.54) is 0 Å². The summed E-state index contributed by atoms with van der Waals surface area (Å²) < 4.78 is 11.4. The Bertz CT molecular complexity index is 836. The Kier molecular flexibility index (Phi) is 8.35. The van der Waals surface area contributed by atoms with E-state index in [4.69, 9.17) is 21.1 Å². The van der Waals surface area contributed by atoms with E-state index in [1.807, 2.05) is 12.1 Å². The normalized spacial score (nSPS) is 23.6. The Morgan fingerprint density at radius 2 is 1.87 bits per heavy atom. The molecular formula is C25H29ClO4. The lowest BCUT2D eigenvalue weighted by atomic mass is 9.92. The molecule has 1 aliphatic rings. The number of hydrogen-bond donors (Lipinski definition) is 1.